The van der Waals surface area contributed by atoms with E-state index in [1.165, 1.54) is 4.88 Å². The maximum atomic E-state index is 12.9. The van der Waals surface area contributed by atoms with E-state index in [0.29, 0.717) is 18.2 Å². The Morgan fingerprint density at radius 2 is 2.09 bits per heavy atom. The SMILES string of the molecule is C=CCN(C)C(=O)[C@@H](C)[C@H]1CC[C@@]2(C)Cc3sc(NC(=O)CN(C)C)nc3[C@@H](C)[C@@H]2[C@H]1O. The topological polar surface area (TPSA) is 85.8 Å². The number of hydrogen-bond donors (Lipinski definition) is 2. The summed E-state index contributed by atoms with van der Waals surface area (Å²) in [7, 11) is 5.51. The van der Waals surface area contributed by atoms with Crippen LogP contribution in [0.5, 0.6) is 0 Å². The second-order valence-electron chi connectivity index (χ2n) is 10.2. The Hall–Kier alpha value is -1.77. The highest BCUT2D eigenvalue weighted by Gasteiger charge is 2.54. The van der Waals surface area contributed by atoms with E-state index >= 15 is 0 Å². The van der Waals surface area contributed by atoms with Gasteiger partial charge < -0.3 is 20.2 Å². The van der Waals surface area contributed by atoms with Gasteiger partial charge in [0.15, 0.2) is 5.13 Å². The lowest BCUT2D eigenvalue weighted by Gasteiger charge is -2.53. The molecule has 178 valence electrons. The van der Waals surface area contributed by atoms with Crippen LogP contribution in [0.2, 0.25) is 0 Å². The Balaban J connectivity index is 1.81. The fraction of sp³-hybridized carbons (Fsp3) is 0.708. The molecule has 1 heterocycles. The van der Waals surface area contributed by atoms with Crippen LogP contribution in [-0.4, -0.2) is 72.0 Å². The van der Waals surface area contributed by atoms with Gasteiger partial charge in [-0.25, -0.2) is 4.98 Å². The van der Waals surface area contributed by atoms with Crippen LogP contribution in [0.1, 0.15) is 50.1 Å². The Labute approximate surface area is 195 Å². The maximum Gasteiger partial charge on any atom is 0.240 e. The van der Waals surface area contributed by atoms with Crippen molar-refractivity contribution < 1.29 is 14.7 Å². The number of thiazole rings is 1. The summed E-state index contributed by atoms with van der Waals surface area (Å²) in [5.74, 6) is -0.250. The van der Waals surface area contributed by atoms with Crippen molar-refractivity contribution in [1.82, 2.24) is 14.8 Å². The summed E-state index contributed by atoms with van der Waals surface area (Å²) >= 11 is 1.56. The zero-order valence-electron chi connectivity index (χ0n) is 20.2. The lowest BCUT2D eigenvalue weighted by molar-refractivity contribution is -0.143. The average Bonchev–Trinajstić information content (AvgIpc) is 3.08. The van der Waals surface area contributed by atoms with E-state index in [1.54, 1.807) is 29.4 Å². The van der Waals surface area contributed by atoms with Crippen LogP contribution in [0.15, 0.2) is 12.7 Å². The largest absolute Gasteiger partial charge is 0.392 e. The van der Waals surface area contributed by atoms with Gasteiger partial charge in [0.25, 0.3) is 0 Å². The molecule has 0 bridgehead atoms. The summed E-state index contributed by atoms with van der Waals surface area (Å²) in [4.78, 5) is 34.6. The second kappa shape index (κ2) is 9.61. The van der Waals surface area contributed by atoms with Gasteiger partial charge in [-0.2, -0.15) is 0 Å². The molecule has 1 aromatic heterocycles. The maximum absolute atomic E-state index is 12.9. The van der Waals surface area contributed by atoms with Crippen LogP contribution in [0.4, 0.5) is 5.13 Å². The number of rotatable bonds is 7. The number of amides is 2. The van der Waals surface area contributed by atoms with Crippen molar-refractivity contribution in [2.45, 2.75) is 52.1 Å². The van der Waals surface area contributed by atoms with Gasteiger partial charge in [-0.05, 0) is 50.6 Å². The molecule has 1 saturated carbocycles. The Bertz CT molecular complexity index is 869. The van der Waals surface area contributed by atoms with Crippen molar-refractivity contribution in [3.05, 3.63) is 23.2 Å². The molecule has 2 aliphatic carbocycles. The number of likely N-dealkylation sites (N-methyl/N-ethyl adjacent to an activating group) is 2. The van der Waals surface area contributed by atoms with Gasteiger partial charge >= 0.3 is 0 Å². The molecule has 32 heavy (non-hydrogen) atoms. The van der Waals surface area contributed by atoms with Gasteiger partial charge in [0.2, 0.25) is 11.8 Å². The number of nitrogens with one attached hydrogen (secondary N) is 1. The average molecular weight is 463 g/mol. The van der Waals surface area contributed by atoms with Crippen LogP contribution in [0, 0.1) is 23.2 Å². The van der Waals surface area contributed by atoms with Crippen LogP contribution in [0.3, 0.4) is 0 Å². The quantitative estimate of drug-likeness (QED) is 0.609. The van der Waals surface area contributed by atoms with Crippen LogP contribution in [-0.2, 0) is 16.0 Å². The summed E-state index contributed by atoms with van der Waals surface area (Å²) in [6, 6.07) is 0. The smallest absolute Gasteiger partial charge is 0.240 e. The molecule has 2 amide bonds. The molecule has 0 radical (unpaired) electrons. The minimum atomic E-state index is -0.568. The molecule has 2 aliphatic rings. The molecule has 1 fully saturated rings. The number of aliphatic hydroxyl groups excluding tert-OH is 1. The minimum absolute atomic E-state index is 0.0288. The van der Waals surface area contributed by atoms with E-state index in [4.69, 9.17) is 4.98 Å². The van der Waals surface area contributed by atoms with E-state index in [9.17, 15) is 14.7 Å². The summed E-state index contributed by atoms with van der Waals surface area (Å²) in [5.41, 5.74) is 0.940. The molecular weight excluding hydrogens is 424 g/mol. The second-order valence-corrected chi connectivity index (χ2v) is 11.3. The third kappa shape index (κ3) is 4.77. The van der Waals surface area contributed by atoms with Crippen molar-refractivity contribution in [2.75, 3.05) is 39.5 Å². The standard InChI is InChI=1S/C24H38N4O3S/c1-8-11-28(7)22(31)14(2)16-9-10-24(4)12-17-20(15(3)19(24)21(16)30)26-23(32-17)25-18(29)13-27(5)6/h8,14-16,19,21,30H,1,9-13H2,2-7H3,(H,25,26,29)/t14-,15-,16+,19+,21-,24-/m0/s1. The number of aromatic nitrogens is 1. The van der Waals surface area contributed by atoms with Gasteiger partial charge in [0, 0.05) is 30.3 Å². The fourth-order valence-electron chi connectivity index (χ4n) is 5.86. The predicted molar refractivity (Wildman–Crippen MR) is 129 cm³/mol. The third-order valence-electron chi connectivity index (χ3n) is 7.44. The number of carbonyl (C=O) groups excluding carboxylic acids is 2. The predicted octanol–water partition coefficient (Wildman–Crippen LogP) is 2.98. The van der Waals surface area contributed by atoms with Gasteiger partial charge in [-0.1, -0.05) is 26.8 Å². The molecule has 6 atom stereocenters. The first kappa shape index (κ1) is 24.9. The summed E-state index contributed by atoms with van der Waals surface area (Å²) in [6.07, 6.45) is 3.80. The van der Waals surface area contributed by atoms with Crippen molar-refractivity contribution in [2.24, 2.45) is 23.2 Å². The molecule has 0 aliphatic heterocycles. The van der Waals surface area contributed by atoms with Crippen molar-refractivity contribution in [3.8, 4) is 0 Å². The summed E-state index contributed by atoms with van der Waals surface area (Å²) < 4.78 is 0. The van der Waals surface area contributed by atoms with Gasteiger partial charge in [-0.3, -0.25) is 9.59 Å². The molecule has 0 aromatic carbocycles. The zero-order chi connectivity index (χ0) is 23.8. The van der Waals surface area contributed by atoms with Crippen LogP contribution in [0.25, 0.3) is 0 Å². The molecule has 8 heteroatoms. The Kier molecular flexibility index (Phi) is 7.47. The van der Waals surface area contributed by atoms with Crippen molar-refractivity contribution in [1.29, 1.82) is 0 Å². The molecular formula is C24H38N4O3S. The number of hydrogen-bond acceptors (Lipinski definition) is 6. The molecule has 7 nitrogen and oxygen atoms in total. The lowest BCUT2D eigenvalue weighted by atomic mass is 9.53. The first-order valence-electron chi connectivity index (χ1n) is 11.5. The first-order valence-corrected chi connectivity index (χ1v) is 12.3. The summed E-state index contributed by atoms with van der Waals surface area (Å²) in [6.45, 7) is 10.9. The highest BCUT2D eigenvalue weighted by Crippen LogP contribution is 2.57. The molecule has 3 rings (SSSR count). The number of carbonyl (C=O) groups is 2. The van der Waals surface area contributed by atoms with Crippen LogP contribution < -0.4 is 5.32 Å². The zero-order valence-corrected chi connectivity index (χ0v) is 21.0. The molecule has 0 unspecified atom stereocenters. The number of nitrogens with zero attached hydrogens (tertiary/aromatic N) is 3. The van der Waals surface area contributed by atoms with Gasteiger partial charge in [0.05, 0.1) is 18.3 Å². The first-order chi connectivity index (χ1) is 15.0. The molecule has 2 N–H and O–H groups in total. The normalized spacial score (nSPS) is 30.2. The van der Waals surface area contributed by atoms with E-state index in [0.717, 1.165) is 25.0 Å². The fourth-order valence-corrected chi connectivity index (χ4v) is 7.14. The molecule has 0 spiro atoms. The highest BCUT2D eigenvalue weighted by molar-refractivity contribution is 7.15. The summed E-state index contributed by atoms with van der Waals surface area (Å²) in [5, 5.41) is 15.1. The molecule has 0 saturated heterocycles. The number of fused-ring (bicyclic) bond motifs is 2. The number of aliphatic hydroxyl groups is 1. The van der Waals surface area contributed by atoms with E-state index in [1.807, 2.05) is 25.9 Å². The van der Waals surface area contributed by atoms with E-state index < -0.39 is 6.10 Å². The van der Waals surface area contributed by atoms with E-state index in [-0.39, 0.29) is 40.9 Å². The Morgan fingerprint density at radius 1 is 1.41 bits per heavy atom. The third-order valence-corrected chi connectivity index (χ3v) is 8.43. The monoisotopic (exact) mass is 462 g/mol. The van der Waals surface area contributed by atoms with E-state index in [2.05, 4.69) is 25.7 Å². The minimum Gasteiger partial charge on any atom is -0.392 e. The van der Waals surface area contributed by atoms with Gasteiger partial charge in [0.1, 0.15) is 0 Å². The number of anilines is 1. The Morgan fingerprint density at radius 3 is 2.72 bits per heavy atom. The van der Waals surface area contributed by atoms with Gasteiger partial charge in [-0.15, -0.1) is 17.9 Å². The lowest BCUT2D eigenvalue weighted by Crippen LogP contribution is -2.53. The highest BCUT2D eigenvalue weighted by atomic mass is 32.1. The van der Waals surface area contributed by atoms with Crippen molar-refractivity contribution in [3.63, 3.8) is 0 Å². The van der Waals surface area contributed by atoms with Crippen LogP contribution >= 0.6 is 11.3 Å². The molecule has 1 aromatic rings. The van der Waals surface area contributed by atoms with Crippen molar-refractivity contribution >= 4 is 28.3 Å².